The molecule has 0 aliphatic carbocycles. The van der Waals surface area contributed by atoms with Gasteiger partial charge in [-0.25, -0.2) is 0 Å². The number of fused-ring (bicyclic) bond motifs is 2. The molecule has 0 aromatic heterocycles. The van der Waals surface area contributed by atoms with Crippen molar-refractivity contribution in [3.05, 3.63) is 64.2 Å². The number of nitrogens with two attached hydrogens (primary N) is 2. The molecule has 0 radical (unpaired) electrons. The van der Waals surface area contributed by atoms with Gasteiger partial charge in [0.25, 0.3) is 0 Å². The van der Waals surface area contributed by atoms with E-state index in [1.54, 1.807) is 0 Å². The first-order chi connectivity index (χ1) is 24.2. The van der Waals surface area contributed by atoms with Crippen LogP contribution < -0.4 is 16.4 Å². The van der Waals surface area contributed by atoms with Gasteiger partial charge in [0.2, 0.25) is 0 Å². The van der Waals surface area contributed by atoms with Crippen LogP contribution in [0, 0.1) is 0 Å². The van der Waals surface area contributed by atoms with Crippen molar-refractivity contribution in [1.82, 2.24) is 4.90 Å². The van der Waals surface area contributed by atoms with Gasteiger partial charge in [0, 0.05) is 38.4 Å². The van der Waals surface area contributed by atoms with Crippen molar-refractivity contribution in [3.63, 3.8) is 0 Å². The van der Waals surface area contributed by atoms with E-state index in [9.17, 15) is 20.4 Å². The quantitative estimate of drug-likeness (QED) is 0.0912. The maximum absolute atomic E-state index is 9.44. The zero-order valence-electron chi connectivity index (χ0n) is 31.7. The fraction of sp³-hybridized carbons (Fsp3) is 0.714. The SMILES string of the molecule is CCCCCCCCc1ccc2c(c1)CCN(CC(N)(CO)CO)CC2.CCCCCCCCc1cccc2c1CCN2CC(N)(CO)CO. The van der Waals surface area contributed by atoms with Gasteiger partial charge in [0.05, 0.1) is 37.5 Å². The molecule has 8 nitrogen and oxygen atoms in total. The van der Waals surface area contributed by atoms with Crippen molar-refractivity contribution >= 4 is 5.69 Å². The first-order valence-electron chi connectivity index (χ1n) is 19.9. The Morgan fingerprint density at radius 3 is 1.78 bits per heavy atom. The molecule has 4 rings (SSSR count). The van der Waals surface area contributed by atoms with Crippen molar-refractivity contribution in [2.45, 2.75) is 134 Å². The molecule has 0 fully saturated rings. The number of anilines is 1. The molecule has 2 aliphatic heterocycles. The number of aliphatic hydroxyl groups excluding tert-OH is 4. The largest absolute Gasteiger partial charge is 0.394 e. The van der Waals surface area contributed by atoms with E-state index in [1.807, 2.05) is 0 Å². The summed E-state index contributed by atoms with van der Waals surface area (Å²) in [5.41, 5.74) is 18.8. The molecule has 0 spiro atoms. The monoisotopic (exact) mass is 697 g/mol. The molecule has 2 aliphatic rings. The Morgan fingerprint density at radius 2 is 1.16 bits per heavy atom. The number of hydrogen-bond donors (Lipinski definition) is 6. The molecule has 0 atom stereocenters. The van der Waals surface area contributed by atoms with Crippen LogP contribution in [-0.2, 0) is 32.1 Å². The Hall–Kier alpha value is -2.04. The minimum absolute atomic E-state index is 0.185. The van der Waals surface area contributed by atoms with E-state index in [1.165, 1.54) is 117 Å². The third-order valence-electron chi connectivity index (χ3n) is 10.8. The first kappa shape index (κ1) is 42.4. The van der Waals surface area contributed by atoms with Crippen molar-refractivity contribution in [1.29, 1.82) is 0 Å². The van der Waals surface area contributed by atoms with Gasteiger partial charge in [-0.2, -0.15) is 0 Å². The highest BCUT2D eigenvalue weighted by atomic mass is 16.3. The summed E-state index contributed by atoms with van der Waals surface area (Å²) in [6, 6.07) is 13.5. The van der Waals surface area contributed by atoms with Crippen molar-refractivity contribution in [3.8, 4) is 0 Å². The maximum atomic E-state index is 9.44. The van der Waals surface area contributed by atoms with Gasteiger partial charge in [0.15, 0.2) is 0 Å². The molecule has 8 heteroatoms. The van der Waals surface area contributed by atoms with Crippen molar-refractivity contribution in [2.24, 2.45) is 11.5 Å². The molecule has 0 bridgehead atoms. The summed E-state index contributed by atoms with van der Waals surface area (Å²) in [4.78, 5) is 4.49. The average molecular weight is 697 g/mol. The van der Waals surface area contributed by atoms with E-state index in [2.05, 4.69) is 60.0 Å². The number of hydrogen-bond acceptors (Lipinski definition) is 8. The topological polar surface area (TPSA) is 139 Å². The number of aliphatic hydroxyl groups is 4. The van der Waals surface area contributed by atoms with Gasteiger partial charge in [-0.3, -0.25) is 0 Å². The second-order valence-electron chi connectivity index (χ2n) is 15.4. The third kappa shape index (κ3) is 13.8. The summed E-state index contributed by atoms with van der Waals surface area (Å²) in [6.07, 6.45) is 21.4. The van der Waals surface area contributed by atoms with E-state index in [0.29, 0.717) is 13.1 Å². The molecule has 50 heavy (non-hydrogen) atoms. The summed E-state index contributed by atoms with van der Waals surface area (Å²) >= 11 is 0. The lowest BCUT2D eigenvalue weighted by molar-refractivity contribution is 0.0847. The highest BCUT2D eigenvalue weighted by Crippen LogP contribution is 2.32. The van der Waals surface area contributed by atoms with Crippen molar-refractivity contribution < 1.29 is 20.4 Å². The molecule has 2 aromatic rings. The van der Waals surface area contributed by atoms with Gasteiger partial charge < -0.3 is 41.7 Å². The summed E-state index contributed by atoms with van der Waals surface area (Å²) in [6.45, 7) is 7.56. The zero-order valence-corrected chi connectivity index (χ0v) is 31.7. The van der Waals surface area contributed by atoms with Gasteiger partial charge >= 0.3 is 0 Å². The number of nitrogens with zero attached hydrogens (tertiary/aromatic N) is 2. The van der Waals surface area contributed by atoms with E-state index in [-0.39, 0.29) is 26.4 Å². The Labute approximate surface area is 304 Å². The predicted molar refractivity (Wildman–Crippen MR) is 209 cm³/mol. The standard InChI is InChI=1S/C22H38N2O2.C20H34N2O2/c1-2-3-4-5-6-7-8-19-9-10-20-11-13-24(14-12-21(20)15-19)16-22(23,17-25)18-26;1-2-3-4-5-6-7-9-17-10-8-11-19-18(17)12-13-22(19)14-20(21,15-23)16-24/h9-10,15,25-26H,2-8,11-14,16-18,23H2,1H3;8,10-11,23-24H,2-7,9,12-16,21H2,1H3. The van der Waals surface area contributed by atoms with Crippen LogP contribution in [-0.4, -0.2) is 95.6 Å². The minimum Gasteiger partial charge on any atom is -0.394 e. The molecule has 2 heterocycles. The van der Waals surface area contributed by atoms with Crippen LogP contribution in [0.15, 0.2) is 36.4 Å². The van der Waals surface area contributed by atoms with E-state index >= 15 is 0 Å². The Morgan fingerprint density at radius 1 is 0.600 bits per heavy atom. The van der Waals surface area contributed by atoms with Gasteiger partial charge in [-0.1, -0.05) is 108 Å². The number of unbranched alkanes of at least 4 members (excludes halogenated alkanes) is 10. The summed E-state index contributed by atoms with van der Waals surface area (Å²) in [7, 11) is 0. The summed E-state index contributed by atoms with van der Waals surface area (Å²) in [5, 5.41) is 37.8. The Bertz CT molecular complexity index is 1220. The molecule has 2 aromatic carbocycles. The average Bonchev–Trinajstić information content (AvgIpc) is 3.44. The molecule has 0 amide bonds. The molecule has 0 saturated carbocycles. The first-order valence-corrected chi connectivity index (χ1v) is 19.9. The lowest BCUT2D eigenvalue weighted by Gasteiger charge is -2.31. The van der Waals surface area contributed by atoms with Crippen LogP contribution in [0.5, 0.6) is 0 Å². The zero-order chi connectivity index (χ0) is 36.2. The van der Waals surface area contributed by atoms with Crippen LogP contribution in [0.25, 0.3) is 0 Å². The molecule has 0 unspecified atom stereocenters. The smallest absolute Gasteiger partial charge is 0.0800 e. The minimum atomic E-state index is -0.934. The lowest BCUT2D eigenvalue weighted by Crippen LogP contribution is -2.56. The highest BCUT2D eigenvalue weighted by Gasteiger charge is 2.31. The number of aryl methyl sites for hydroxylation is 2. The van der Waals surface area contributed by atoms with Crippen LogP contribution in [0.1, 0.15) is 119 Å². The van der Waals surface area contributed by atoms with Gasteiger partial charge in [-0.15, -0.1) is 0 Å². The Kier molecular flexibility index (Phi) is 19.3. The molecule has 0 saturated heterocycles. The maximum Gasteiger partial charge on any atom is 0.0800 e. The Balaban J connectivity index is 0.000000271. The molecule has 284 valence electrons. The second kappa shape index (κ2) is 22.8. The van der Waals surface area contributed by atoms with Gasteiger partial charge in [-0.05, 0) is 78.8 Å². The van der Waals surface area contributed by atoms with E-state index in [4.69, 9.17) is 11.5 Å². The summed E-state index contributed by atoms with van der Waals surface area (Å²) < 4.78 is 0. The van der Waals surface area contributed by atoms with Crippen LogP contribution in [0.3, 0.4) is 0 Å². The lowest BCUT2D eigenvalue weighted by atomic mass is 9.97. The van der Waals surface area contributed by atoms with Crippen LogP contribution in [0.4, 0.5) is 5.69 Å². The second-order valence-corrected chi connectivity index (χ2v) is 15.4. The number of rotatable bonds is 22. The molecule has 8 N–H and O–H groups in total. The molecular formula is C42H72N4O4. The fourth-order valence-corrected chi connectivity index (χ4v) is 7.44. The van der Waals surface area contributed by atoms with Gasteiger partial charge in [0.1, 0.15) is 0 Å². The summed E-state index contributed by atoms with van der Waals surface area (Å²) in [5.74, 6) is 0. The van der Waals surface area contributed by atoms with E-state index in [0.717, 1.165) is 45.3 Å². The van der Waals surface area contributed by atoms with Crippen LogP contribution in [0.2, 0.25) is 0 Å². The van der Waals surface area contributed by atoms with Crippen LogP contribution >= 0.6 is 0 Å². The fourth-order valence-electron chi connectivity index (χ4n) is 7.44. The number of benzene rings is 2. The third-order valence-corrected chi connectivity index (χ3v) is 10.8. The molecular weight excluding hydrogens is 624 g/mol. The normalized spacial score (nSPS) is 15.0. The highest BCUT2D eigenvalue weighted by molar-refractivity contribution is 5.61. The predicted octanol–water partition coefficient (Wildman–Crippen LogP) is 5.31. The van der Waals surface area contributed by atoms with Crippen molar-refractivity contribution in [2.75, 3.05) is 64.1 Å². The van der Waals surface area contributed by atoms with E-state index < -0.39 is 11.1 Å².